The van der Waals surface area contributed by atoms with Gasteiger partial charge in [-0.1, -0.05) is 77.1 Å². The maximum absolute atomic E-state index is 15.3. The number of benzene rings is 2. The van der Waals surface area contributed by atoms with Gasteiger partial charge >= 0.3 is 0 Å². The predicted molar refractivity (Wildman–Crippen MR) is 133 cm³/mol. The number of nitrogens with one attached hydrogen (secondary N) is 1. The van der Waals surface area contributed by atoms with Gasteiger partial charge < -0.3 is 5.32 Å². The number of alkyl halides is 2. The summed E-state index contributed by atoms with van der Waals surface area (Å²) in [6, 6.07) is 14.6. The number of carbonyl (C=O) groups excluding carboxylic acids is 1. The van der Waals surface area contributed by atoms with Gasteiger partial charge in [0.15, 0.2) is 5.78 Å². The highest BCUT2D eigenvalue weighted by Gasteiger charge is 2.53. The second kappa shape index (κ2) is 10.2. The average Bonchev–Trinajstić information content (AvgIpc) is 3.64. The molecule has 1 aliphatic carbocycles. The summed E-state index contributed by atoms with van der Waals surface area (Å²) in [4.78, 5) is 12.7. The number of hydrogen-bond acceptors (Lipinski definition) is 2. The third-order valence-corrected chi connectivity index (χ3v) is 6.65. The standard InChI is InChI=1S/C29H37F2NO/c1-7-21-17-23(13-16-25(21)27(33)18(2)3)26(20(6)22-11-9-8-10-12-22)32-28(19(4)5)29(30,31)24-14-15-24/h8-13,16-19,24,28,32H,7,14-15H2,1-6H3/b26-20+. The molecule has 178 valence electrons. The van der Waals surface area contributed by atoms with E-state index in [0.717, 1.165) is 27.8 Å². The van der Waals surface area contributed by atoms with Gasteiger partial charge in [-0.3, -0.25) is 4.79 Å². The molecule has 0 bridgehead atoms. The molecule has 2 aromatic rings. The third kappa shape index (κ3) is 5.54. The van der Waals surface area contributed by atoms with Crippen molar-refractivity contribution < 1.29 is 13.6 Å². The SMILES string of the molecule is CCc1cc(/C(NC(C(C)C)C(F)(F)C2CC2)=C(/C)c2ccccc2)ccc1C(=O)C(C)C. The highest BCUT2D eigenvalue weighted by atomic mass is 19.3. The van der Waals surface area contributed by atoms with E-state index < -0.39 is 17.9 Å². The molecule has 1 N–H and O–H groups in total. The van der Waals surface area contributed by atoms with Crippen LogP contribution in [0.1, 0.15) is 81.4 Å². The van der Waals surface area contributed by atoms with Gasteiger partial charge in [0.2, 0.25) is 0 Å². The van der Waals surface area contributed by atoms with E-state index in [1.165, 1.54) is 0 Å². The van der Waals surface area contributed by atoms with Crippen LogP contribution in [0.4, 0.5) is 8.78 Å². The van der Waals surface area contributed by atoms with Gasteiger partial charge in [0, 0.05) is 23.1 Å². The minimum Gasteiger partial charge on any atom is -0.375 e. The van der Waals surface area contributed by atoms with E-state index in [4.69, 9.17) is 0 Å². The molecule has 0 spiro atoms. The van der Waals surface area contributed by atoms with Gasteiger partial charge in [0.1, 0.15) is 0 Å². The van der Waals surface area contributed by atoms with Crippen LogP contribution in [0.5, 0.6) is 0 Å². The lowest BCUT2D eigenvalue weighted by Crippen LogP contribution is -2.49. The van der Waals surface area contributed by atoms with Crippen molar-refractivity contribution in [2.24, 2.45) is 17.8 Å². The second-order valence-electron chi connectivity index (χ2n) is 9.93. The van der Waals surface area contributed by atoms with Crippen molar-refractivity contribution in [2.75, 3.05) is 0 Å². The Bertz CT molecular complexity index is 1000. The van der Waals surface area contributed by atoms with Crippen molar-refractivity contribution in [3.8, 4) is 0 Å². The second-order valence-corrected chi connectivity index (χ2v) is 9.93. The minimum atomic E-state index is -2.78. The fourth-order valence-corrected chi connectivity index (χ4v) is 4.42. The number of carbonyl (C=O) groups is 1. The summed E-state index contributed by atoms with van der Waals surface area (Å²) in [7, 11) is 0. The summed E-state index contributed by atoms with van der Waals surface area (Å²) in [5.74, 6) is -3.56. The van der Waals surface area contributed by atoms with Crippen LogP contribution in [0.25, 0.3) is 11.3 Å². The summed E-state index contributed by atoms with van der Waals surface area (Å²) in [5.41, 5.74) is 5.11. The zero-order valence-electron chi connectivity index (χ0n) is 20.7. The van der Waals surface area contributed by atoms with Crippen LogP contribution in [-0.4, -0.2) is 17.7 Å². The Balaban J connectivity index is 2.13. The number of allylic oxidation sites excluding steroid dienone is 1. The summed E-state index contributed by atoms with van der Waals surface area (Å²) in [6.45, 7) is 11.5. The molecule has 1 aliphatic rings. The summed E-state index contributed by atoms with van der Waals surface area (Å²) in [5, 5.41) is 3.30. The molecule has 0 aliphatic heterocycles. The van der Waals surface area contributed by atoms with E-state index in [1.807, 2.05) is 90.1 Å². The number of ketones is 1. The van der Waals surface area contributed by atoms with E-state index in [1.54, 1.807) is 0 Å². The van der Waals surface area contributed by atoms with Gasteiger partial charge in [-0.25, -0.2) is 8.78 Å². The zero-order chi connectivity index (χ0) is 24.3. The van der Waals surface area contributed by atoms with E-state index >= 15 is 8.78 Å². The van der Waals surface area contributed by atoms with Crippen LogP contribution in [0.15, 0.2) is 48.5 Å². The van der Waals surface area contributed by atoms with E-state index in [-0.39, 0.29) is 17.6 Å². The first-order chi connectivity index (χ1) is 15.6. The molecule has 33 heavy (non-hydrogen) atoms. The van der Waals surface area contributed by atoms with Crippen molar-refractivity contribution in [1.29, 1.82) is 0 Å². The first-order valence-electron chi connectivity index (χ1n) is 12.2. The molecule has 1 unspecified atom stereocenters. The van der Waals surface area contributed by atoms with Crippen LogP contribution in [0.3, 0.4) is 0 Å². The fourth-order valence-electron chi connectivity index (χ4n) is 4.42. The Labute approximate surface area is 197 Å². The number of hydrogen-bond donors (Lipinski definition) is 1. The van der Waals surface area contributed by atoms with Crippen molar-refractivity contribution in [3.63, 3.8) is 0 Å². The summed E-state index contributed by atoms with van der Waals surface area (Å²) < 4.78 is 30.7. The molecule has 1 atom stereocenters. The van der Waals surface area contributed by atoms with Gasteiger partial charge in [0.25, 0.3) is 5.92 Å². The average molecular weight is 454 g/mol. The van der Waals surface area contributed by atoms with Gasteiger partial charge in [-0.2, -0.15) is 0 Å². The third-order valence-electron chi connectivity index (χ3n) is 6.65. The van der Waals surface area contributed by atoms with Crippen LogP contribution < -0.4 is 5.32 Å². The molecule has 0 amide bonds. The molecular formula is C29H37F2NO. The lowest BCUT2D eigenvalue weighted by molar-refractivity contribution is -0.0665. The number of halogens is 2. The first-order valence-corrected chi connectivity index (χ1v) is 12.2. The monoisotopic (exact) mass is 453 g/mol. The van der Waals surface area contributed by atoms with Crippen LogP contribution >= 0.6 is 0 Å². The van der Waals surface area contributed by atoms with Crippen molar-refractivity contribution in [1.82, 2.24) is 5.32 Å². The minimum absolute atomic E-state index is 0.0945. The number of Topliss-reactive ketones (excluding diaryl/α,β-unsaturated/α-hetero) is 1. The van der Waals surface area contributed by atoms with Crippen LogP contribution in [-0.2, 0) is 6.42 Å². The van der Waals surface area contributed by atoms with Crippen molar-refractivity contribution >= 4 is 17.1 Å². The highest BCUT2D eigenvalue weighted by molar-refractivity contribution is 5.99. The van der Waals surface area contributed by atoms with Gasteiger partial charge in [0.05, 0.1) is 6.04 Å². The Morgan fingerprint density at radius 2 is 1.67 bits per heavy atom. The van der Waals surface area contributed by atoms with E-state index in [0.29, 0.717) is 25.0 Å². The smallest absolute Gasteiger partial charge is 0.270 e. The lowest BCUT2D eigenvalue weighted by Gasteiger charge is -2.33. The van der Waals surface area contributed by atoms with Crippen molar-refractivity contribution in [3.05, 3.63) is 70.8 Å². The molecule has 2 nitrogen and oxygen atoms in total. The first kappa shape index (κ1) is 25.1. The van der Waals surface area contributed by atoms with Crippen LogP contribution in [0, 0.1) is 17.8 Å². The molecule has 1 fully saturated rings. The normalized spacial score (nSPS) is 16.1. The largest absolute Gasteiger partial charge is 0.375 e. The molecule has 0 aromatic heterocycles. The van der Waals surface area contributed by atoms with Crippen LogP contribution in [0.2, 0.25) is 0 Å². The Hall–Kier alpha value is -2.49. The van der Waals surface area contributed by atoms with Crippen molar-refractivity contribution in [2.45, 2.75) is 72.8 Å². The fraction of sp³-hybridized carbons (Fsp3) is 0.483. The highest BCUT2D eigenvalue weighted by Crippen LogP contribution is 2.47. The topological polar surface area (TPSA) is 29.1 Å². The number of rotatable bonds is 10. The molecule has 1 saturated carbocycles. The Kier molecular flexibility index (Phi) is 7.76. The van der Waals surface area contributed by atoms with E-state index in [9.17, 15) is 4.79 Å². The quantitative estimate of drug-likeness (QED) is 0.296. The molecule has 4 heteroatoms. The maximum atomic E-state index is 15.3. The summed E-state index contributed by atoms with van der Waals surface area (Å²) >= 11 is 0. The summed E-state index contributed by atoms with van der Waals surface area (Å²) in [6.07, 6.45) is 1.87. The molecular weight excluding hydrogens is 416 g/mol. The molecule has 3 rings (SSSR count). The van der Waals surface area contributed by atoms with E-state index in [2.05, 4.69) is 5.32 Å². The predicted octanol–water partition coefficient (Wildman–Crippen LogP) is 7.64. The molecule has 2 aromatic carbocycles. The van der Waals surface area contributed by atoms with Gasteiger partial charge in [-0.15, -0.1) is 0 Å². The lowest BCUT2D eigenvalue weighted by atomic mass is 9.89. The Morgan fingerprint density at radius 3 is 2.18 bits per heavy atom. The maximum Gasteiger partial charge on any atom is 0.270 e. The zero-order valence-corrected chi connectivity index (χ0v) is 20.7. The Morgan fingerprint density at radius 1 is 1.03 bits per heavy atom. The molecule has 0 heterocycles. The number of aryl methyl sites for hydroxylation is 1. The molecule has 0 saturated heterocycles. The molecule has 0 radical (unpaired) electrons. The van der Waals surface area contributed by atoms with Gasteiger partial charge in [-0.05, 0) is 60.4 Å².